The molecule has 106 valence electrons. The molecular formula is C16H18ClNO2. The van der Waals surface area contributed by atoms with E-state index in [1.807, 2.05) is 43.3 Å². The average molecular weight is 292 g/mol. The lowest BCUT2D eigenvalue weighted by molar-refractivity contribution is 0.355. The first kappa shape index (κ1) is 14.7. The van der Waals surface area contributed by atoms with Gasteiger partial charge < -0.3 is 15.2 Å². The van der Waals surface area contributed by atoms with Crippen LogP contribution in [0.25, 0.3) is 11.1 Å². The van der Waals surface area contributed by atoms with Gasteiger partial charge in [0.1, 0.15) is 0 Å². The lowest BCUT2D eigenvalue weighted by Crippen LogP contribution is -2.05. The van der Waals surface area contributed by atoms with Crippen molar-refractivity contribution in [2.75, 3.05) is 14.2 Å². The molecule has 0 spiro atoms. The van der Waals surface area contributed by atoms with Crippen LogP contribution in [0.1, 0.15) is 18.5 Å². The van der Waals surface area contributed by atoms with Crippen LogP contribution in [0.2, 0.25) is 5.02 Å². The number of nitrogens with two attached hydrogens (primary N) is 1. The summed E-state index contributed by atoms with van der Waals surface area (Å²) >= 11 is 6.27. The lowest BCUT2D eigenvalue weighted by Gasteiger charge is -2.12. The maximum Gasteiger partial charge on any atom is 0.161 e. The minimum absolute atomic E-state index is 0.0815. The van der Waals surface area contributed by atoms with Gasteiger partial charge in [0, 0.05) is 11.1 Å². The van der Waals surface area contributed by atoms with Gasteiger partial charge in [-0.1, -0.05) is 29.8 Å². The summed E-state index contributed by atoms with van der Waals surface area (Å²) in [6, 6.07) is 11.6. The number of hydrogen-bond donors (Lipinski definition) is 1. The Morgan fingerprint density at radius 1 is 0.950 bits per heavy atom. The van der Waals surface area contributed by atoms with Gasteiger partial charge in [-0.15, -0.1) is 0 Å². The number of methoxy groups -OCH3 is 2. The molecule has 0 saturated heterocycles. The van der Waals surface area contributed by atoms with Gasteiger partial charge in [-0.25, -0.2) is 0 Å². The molecule has 0 fully saturated rings. The quantitative estimate of drug-likeness (QED) is 0.924. The second-order valence-electron chi connectivity index (χ2n) is 4.59. The van der Waals surface area contributed by atoms with Gasteiger partial charge >= 0.3 is 0 Å². The van der Waals surface area contributed by atoms with E-state index in [1.54, 1.807) is 14.2 Å². The highest BCUT2D eigenvalue weighted by atomic mass is 35.5. The van der Waals surface area contributed by atoms with Crippen molar-refractivity contribution in [3.8, 4) is 22.6 Å². The fraction of sp³-hybridized carbons (Fsp3) is 0.250. The smallest absolute Gasteiger partial charge is 0.161 e. The normalized spacial score (nSPS) is 12.1. The molecule has 0 aromatic heterocycles. The molecule has 1 atom stereocenters. The first-order valence-corrected chi connectivity index (χ1v) is 6.72. The van der Waals surface area contributed by atoms with Gasteiger partial charge in [0.15, 0.2) is 11.5 Å². The Morgan fingerprint density at radius 3 is 2.10 bits per heavy atom. The second-order valence-corrected chi connectivity index (χ2v) is 5.00. The third-order valence-electron chi connectivity index (χ3n) is 3.21. The van der Waals surface area contributed by atoms with E-state index in [0.29, 0.717) is 16.5 Å². The van der Waals surface area contributed by atoms with E-state index >= 15 is 0 Å². The maximum absolute atomic E-state index is 6.27. The van der Waals surface area contributed by atoms with E-state index in [-0.39, 0.29) is 6.04 Å². The van der Waals surface area contributed by atoms with E-state index in [4.69, 9.17) is 26.8 Å². The fourth-order valence-corrected chi connectivity index (χ4v) is 2.44. The van der Waals surface area contributed by atoms with Crippen LogP contribution in [0.3, 0.4) is 0 Å². The summed E-state index contributed by atoms with van der Waals surface area (Å²) in [7, 11) is 3.24. The zero-order chi connectivity index (χ0) is 14.7. The van der Waals surface area contributed by atoms with Crippen molar-refractivity contribution in [2.45, 2.75) is 13.0 Å². The van der Waals surface area contributed by atoms with Gasteiger partial charge in [0.2, 0.25) is 0 Å². The highest BCUT2D eigenvalue weighted by Gasteiger charge is 2.09. The van der Waals surface area contributed by atoms with E-state index in [1.165, 1.54) is 0 Å². The van der Waals surface area contributed by atoms with Crippen LogP contribution in [0.4, 0.5) is 0 Å². The molecule has 2 aromatic carbocycles. The third kappa shape index (κ3) is 2.89. The van der Waals surface area contributed by atoms with Gasteiger partial charge in [0.05, 0.1) is 14.2 Å². The molecule has 3 nitrogen and oxygen atoms in total. The molecule has 0 heterocycles. The minimum Gasteiger partial charge on any atom is -0.493 e. The van der Waals surface area contributed by atoms with Crippen molar-refractivity contribution < 1.29 is 9.47 Å². The van der Waals surface area contributed by atoms with Gasteiger partial charge in [0.25, 0.3) is 0 Å². The Bertz CT molecular complexity index is 611. The first-order chi connectivity index (χ1) is 9.56. The molecule has 0 aliphatic carbocycles. The number of hydrogen-bond acceptors (Lipinski definition) is 3. The summed E-state index contributed by atoms with van der Waals surface area (Å²) < 4.78 is 10.5. The molecule has 4 heteroatoms. The van der Waals surface area contributed by atoms with Crippen LogP contribution in [0.15, 0.2) is 36.4 Å². The van der Waals surface area contributed by atoms with Gasteiger partial charge in [-0.3, -0.25) is 0 Å². The van der Waals surface area contributed by atoms with E-state index in [0.717, 1.165) is 16.7 Å². The summed E-state index contributed by atoms with van der Waals surface area (Å²) in [6.07, 6.45) is 0. The number of rotatable bonds is 4. The Morgan fingerprint density at radius 2 is 1.55 bits per heavy atom. The molecule has 0 aliphatic rings. The predicted molar refractivity (Wildman–Crippen MR) is 82.6 cm³/mol. The Hall–Kier alpha value is -1.71. The fourth-order valence-electron chi connectivity index (χ4n) is 2.09. The number of ether oxygens (including phenoxy) is 2. The van der Waals surface area contributed by atoms with Crippen molar-refractivity contribution in [3.63, 3.8) is 0 Å². The Kier molecular flexibility index (Phi) is 4.53. The molecule has 2 aromatic rings. The van der Waals surface area contributed by atoms with Crippen molar-refractivity contribution in [3.05, 3.63) is 47.0 Å². The van der Waals surface area contributed by atoms with Crippen LogP contribution in [0.5, 0.6) is 11.5 Å². The zero-order valence-electron chi connectivity index (χ0n) is 11.8. The summed E-state index contributed by atoms with van der Waals surface area (Å²) in [4.78, 5) is 0. The van der Waals surface area contributed by atoms with Crippen molar-refractivity contribution in [2.24, 2.45) is 5.73 Å². The molecule has 0 radical (unpaired) electrons. The lowest BCUT2D eigenvalue weighted by atomic mass is 10.0. The summed E-state index contributed by atoms with van der Waals surface area (Å²) in [6.45, 7) is 1.91. The van der Waals surface area contributed by atoms with Crippen molar-refractivity contribution >= 4 is 11.6 Å². The molecular weight excluding hydrogens is 274 g/mol. The molecule has 0 aliphatic heterocycles. The topological polar surface area (TPSA) is 44.5 Å². The molecule has 2 N–H and O–H groups in total. The van der Waals surface area contributed by atoms with Crippen LogP contribution >= 0.6 is 11.6 Å². The molecule has 2 rings (SSSR count). The van der Waals surface area contributed by atoms with Gasteiger partial charge in [-0.2, -0.15) is 0 Å². The molecule has 1 unspecified atom stereocenters. The minimum atomic E-state index is -0.0815. The van der Waals surface area contributed by atoms with E-state index in [2.05, 4.69) is 0 Å². The SMILES string of the molecule is COc1ccc(-c2ccc(C(C)N)c(Cl)c2)cc1OC. The standard InChI is InChI=1S/C16H18ClNO2/c1-10(18)13-6-4-11(8-14(13)17)12-5-7-15(19-2)16(9-12)20-3/h4-10H,18H2,1-3H3. The highest BCUT2D eigenvalue weighted by molar-refractivity contribution is 6.31. The Labute approximate surface area is 124 Å². The van der Waals surface area contributed by atoms with E-state index < -0.39 is 0 Å². The Balaban J connectivity index is 2.44. The summed E-state index contributed by atoms with van der Waals surface area (Å²) in [5, 5.41) is 0.673. The molecule has 0 saturated carbocycles. The predicted octanol–water partition coefficient (Wildman–Crippen LogP) is 4.04. The van der Waals surface area contributed by atoms with Crippen molar-refractivity contribution in [1.29, 1.82) is 0 Å². The number of benzene rings is 2. The first-order valence-electron chi connectivity index (χ1n) is 6.34. The van der Waals surface area contributed by atoms with Crippen molar-refractivity contribution in [1.82, 2.24) is 0 Å². The van der Waals surface area contributed by atoms with Crippen LogP contribution < -0.4 is 15.2 Å². The summed E-state index contributed by atoms with van der Waals surface area (Å²) in [5.41, 5.74) is 8.84. The summed E-state index contributed by atoms with van der Waals surface area (Å²) in [5.74, 6) is 1.40. The number of halogens is 1. The molecule has 20 heavy (non-hydrogen) atoms. The average Bonchev–Trinajstić information content (AvgIpc) is 2.45. The maximum atomic E-state index is 6.27. The van der Waals surface area contributed by atoms with Crippen LogP contribution in [0, 0.1) is 0 Å². The highest BCUT2D eigenvalue weighted by Crippen LogP contribution is 2.34. The third-order valence-corrected chi connectivity index (χ3v) is 3.54. The molecule has 0 bridgehead atoms. The molecule has 0 amide bonds. The van der Waals surface area contributed by atoms with Gasteiger partial charge in [-0.05, 0) is 41.8 Å². The second kappa shape index (κ2) is 6.16. The van der Waals surface area contributed by atoms with Crippen LogP contribution in [-0.2, 0) is 0 Å². The zero-order valence-corrected chi connectivity index (χ0v) is 12.6. The van der Waals surface area contributed by atoms with E-state index in [9.17, 15) is 0 Å². The largest absolute Gasteiger partial charge is 0.493 e. The van der Waals surface area contributed by atoms with Crippen LogP contribution in [-0.4, -0.2) is 14.2 Å². The monoisotopic (exact) mass is 291 g/mol.